The van der Waals surface area contributed by atoms with E-state index < -0.39 is 0 Å². The SMILES string of the molecule is Cc1ccc(C(=O)Nc2nc(-c3csc(NC(=O)c4ccc(C)cc4C)n3)cs2)c(C)c1. The Kier molecular flexibility index (Phi) is 6.16. The van der Waals surface area contributed by atoms with Gasteiger partial charge < -0.3 is 0 Å². The maximum Gasteiger partial charge on any atom is 0.257 e. The maximum absolute atomic E-state index is 12.6. The highest BCUT2D eigenvalue weighted by Gasteiger charge is 2.15. The van der Waals surface area contributed by atoms with Crippen LogP contribution in [0, 0.1) is 27.7 Å². The van der Waals surface area contributed by atoms with E-state index in [9.17, 15) is 9.59 Å². The fraction of sp³-hybridized carbons (Fsp3) is 0.167. The van der Waals surface area contributed by atoms with Crippen LogP contribution in [-0.4, -0.2) is 21.8 Å². The minimum Gasteiger partial charge on any atom is -0.298 e. The van der Waals surface area contributed by atoms with Crippen molar-refractivity contribution >= 4 is 44.8 Å². The van der Waals surface area contributed by atoms with Gasteiger partial charge in [0.05, 0.1) is 0 Å². The topological polar surface area (TPSA) is 84.0 Å². The van der Waals surface area contributed by atoms with Crippen LogP contribution >= 0.6 is 22.7 Å². The van der Waals surface area contributed by atoms with Crippen molar-refractivity contribution in [1.29, 1.82) is 0 Å². The molecular formula is C24H22N4O2S2. The molecule has 32 heavy (non-hydrogen) atoms. The van der Waals surface area contributed by atoms with Crippen molar-refractivity contribution in [3.05, 3.63) is 80.5 Å². The molecular weight excluding hydrogens is 440 g/mol. The summed E-state index contributed by atoms with van der Waals surface area (Å²) in [4.78, 5) is 34.2. The Morgan fingerprint density at radius 1 is 0.688 bits per heavy atom. The molecule has 0 aliphatic carbocycles. The molecule has 0 atom stereocenters. The van der Waals surface area contributed by atoms with Crippen LogP contribution in [0.15, 0.2) is 47.2 Å². The van der Waals surface area contributed by atoms with Crippen molar-refractivity contribution in [2.45, 2.75) is 27.7 Å². The molecule has 2 N–H and O–H groups in total. The van der Waals surface area contributed by atoms with Crippen LogP contribution in [0.3, 0.4) is 0 Å². The Labute approximate surface area is 194 Å². The highest BCUT2D eigenvalue weighted by molar-refractivity contribution is 7.15. The first-order chi connectivity index (χ1) is 15.3. The lowest BCUT2D eigenvalue weighted by Gasteiger charge is -2.06. The van der Waals surface area contributed by atoms with Gasteiger partial charge in [0.15, 0.2) is 10.3 Å². The number of nitrogens with zero attached hydrogens (tertiary/aromatic N) is 2. The minimum absolute atomic E-state index is 0.192. The number of hydrogen-bond donors (Lipinski definition) is 2. The van der Waals surface area contributed by atoms with Crippen LogP contribution in [0.5, 0.6) is 0 Å². The third-order valence-electron chi connectivity index (χ3n) is 4.96. The third-order valence-corrected chi connectivity index (χ3v) is 6.48. The van der Waals surface area contributed by atoms with E-state index in [0.29, 0.717) is 32.8 Å². The monoisotopic (exact) mass is 462 g/mol. The standard InChI is InChI=1S/C24H22N4O2S2/c1-13-5-7-17(15(3)9-13)21(29)27-23-25-19(11-31-23)20-12-32-24(26-20)28-22(30)18-8-6-14(2)10-16(18)4/h5-12H,1-4H3,(H,25,27,29)(H,26,28,30). The molecule has 0 saturated heterocycles. The summed E-state index contributed by atoms with van der Waals surface area (Å²) in [6.07, 6.45) is 0. The summed E-state index contributed by atoms with van der Waals surface area (Å²) in [6.45, 7) is 7.82. The predicted molar refractivity (Wildman–Crippen MR) is 131 cm³/mol. The van der Waals surface area contributed by atoms with Crippen LogP contribution in [0.1, 0.15) is 43.0 Å². The van der Waals surface area contributed by atoms with Crippen molar-refractivity contribution in [2.75, 3.05) is 10.6 Å². The average molecular weight is 463 g/mol. The second kappa shape index (κ2) is 9.02. The first-order valence-electron chi connectivity index (χ1n) is 9.99. The normalized spacial score (nSPS) is 10.8. The smallest absolute Gasteiger partial charge is 0.257 e. The molecule has 0 radical (unpaired) electrons. The van der Waals surface area contributed by atoms with Gasteiger partial charge in [0.2, 0.25) is 0 Å². The Hall–Kier alpha value is -3.36. The van der Waals surface area contributed by atoms with Gasteiger partial charge in [-0.2, -0.15) is 0 Å². The van der Waals surface area contributed by atoms with Crippen LogP contribution in [0.4, 0.5) is 10.3 Å². The number of nitrogens with one attached hydrogen (secondary N) is 2. The number of thiazole rings is 2. The van der Waals surface area contributed by atoms with E-state index in [-0.39, 0.29) is 11.8 Å². The molecule has 0 bridgehead atoms. The predicted octanol–water partition coefficient (Wildman–Crippen LogP) is 6.00. The third kappa shape index (κ3) is 4.76. The summed E-state index contributed by atoms with van der Waals surface area (Å²) in [5.41, 5.74) is 6.60. The van der Waals surface area contributed by atoms with Crippen LogP contribution < -0.4 is 10.6 Å². The fourth-order valence-electron chi connectivity index (χ4n) is 3.36. The number of aryl methyl sites for hydroxylation is 4. The Bertz CT molecular complexity index is 1220. The summed E-state index contributed by atoms with van der Waals surface area (Å²) in [5, 5.41) is 10.4. The molecule has 4 rings (SSSR count). The van der Waals surface area contributed by atoms with E-state index in [1.54, 1.807) is 0 Å². The molecule has 0 aliphatic rings. The van der Waals surface area contributed by atoms with Crippen molar-refractivity contribution in [2.24, 2.45) is 0 Å². The Morgan fingerprint density at radius 2 is 1.09 bits per heavy atom. The molecule has 0 spiro atoms. The molecule has 8 heteroatoms. The van der Waals surface area contributed by atoms with E-state index in [4.69, 9.17) is 0 Å². The first-order valence-corrected chi connectivity index (χ1v) is 11.7. The van der Waals surface area contributed by atoms with Gasteiger partial charge in [-0.25, -0.2) is 9.97 Å². The largest absolute Gasteiger partial charge is 0.298 e. The molecule has 6 nitrogen and oxygen atoms in total. The van der Waals surface area contributed by atoms with E-state index in [2.05, 4.69) is 20.6 Å². The first kappa shape index (κ1) is 21.9. The van der Waals surface area contributed by atoms with E-state index in [0.717, 1.165) is 22.3 Å². The highest BCUT2D eigenvalue weighted by Crippen LogP contribution is 2.29. The number of carbonyl (C=O) groups is 2. The van der Waals surface area contributed by atoms with Gasteiger partial charge in [-0.05, 0) is 51.0 Å². The second-order valence-electron chi connectivity index (χ2n) is 7.62. The van der Waals surface area contributed by atoms with E-state index in [1.807, 2.05) is 74.9 Å². The number of hydrogen-bond acceptors (Lipinski definition) is 6. The number of benzene rings is 2. The molecule has 0 saturated carbocycles. The Balaban J connectivity index is 1.45. The molecule has 2 amide bonds. The lowest BCUT2D eigenvalue weighted by atomic mass is 10.1. The fourth-order valence-corrected chi connectivity index (χ4v) is 4.76. The van der Waals surface area contributed by atoms with E-state index in [1.165, 1.54) is 22.7 Å². The average Bonchev–Trinajstić information content (AvgIpc) is 3.37. The van der Waals surface area contributed by atoms with Gasteiger partial charge in [0, 0.05) is 21.9 Å². The summed E-state index contributed by atoms with van der Waals surface area (Å²) < 4.78 is 0. The van der Waals surface area contributed by atoms with Crippen LogP contribution in [0.2, 0.25) is 0 Å². The number of amides is 2. The number of carbonyl (C=O) groups excluding carboxylic acids is 2. The van der Waals surface area contributed by atoms with Crippen molar-refractivity contribution in [3.8, 4) is 11.4 Å². The summed E-state index contributed by atoms with van der Waals surface area (Å²) in [7, 11) is 0. The van der Waals surface area contributed by atoms with Crippen molar-refractivity contribution < 1.29 is 9.59 Å². The van der Waals surface area contributed by atoms with Gasteiger partial charge in [0.1, 0.15) is 11.4 Å². The quantitative estimate of drug-likeness (QED) is 0.381. The maximum atomic E-state index is 12.6. The molecule has 2 heterocycles. The summed E-state index contributed by atoms with van der Waals surface area (Å²) >= 11 is 2.67. The molecule has 0 aliphatic heterocycles. The van der Waals surface area contributed by atoms with Crippen molar-refractivity contribution in [1.82, 2.24) is 9.97 Å². The number of rotatable bonds is 5. The van der Waals surface area contributed by atoms with Crippen molar-refractivity contribution in [3.63, 3.8) is 0 Å². The van der Waals surface area contributed by atoms with Gasteiger partial charge >= 0.3 is 0 Å². The van der Waals surface area contributed by atoms with Gasteiger partial charge in [-0.15, -0.1) is 22.7 Å². The zero-order valence-corrected chi connectivity index (χ0v) is 19.8. The molecule has 0 unspecified atom stereocenters. The van der Waals surface area contributed by atoms with Gasteiger partial charge in [-0.3, -0.25) is 20.2 Å². The minimum atomic E-state index is -0.192. The van der Waals surface area contributed by atoms with Crippen LogP contribution in [-0.2, 0) is 0 Å². The lowest BCUT2D eigenvalue weighted by Crippen LogP contribution is -2.13. The zero-order valence-electron chi connectivity index (χ0n) is 18.1. The van der Waals surface area contributed by atoms with Gasteiger partial charge in [-0.1, -0.05) is 35.4 Å². The molecule has 2 aromatic heterocycles. The molecule has 0 fully saturated rings. The lowest BCUT2D eigenvalue weighted by molar-refractivity contribution is 0.101. The highest BCUT2D eigenvalue weighted by atomic mass is 32.1. The molecule has 162 valence electrons. The molecule has 2 aromatic carbocycles. The second-order valence-corrected chi connectivity index (χ2v) is 9.34. The summed E-state index contributed by atoms with van der Waals surface area (Å²) in [5.74, 6) is -0.383. The van der Waals surface area contributed by atoms with E-state index >= 15 is 0 Å². The molecule has 4 aromatic rings. The van der Waals surface area contributed by atoms with Crippen LogP contribution in [0.25, 0.3) is 11.4 Å². The summed E-state index contributed by atoms with van der Waals surface area (Å²) in [6, 6.07) is 11.4. The Morgan fingerprint density at radius 3 is 1.47 bits per heavy atom. The van der Waals surface area contributed by atoms with Gasteiger partial charge in [0.25, 0.3) is 11.8 Å². The number of anilines is 2. The number of aromatic nitrogens is 2. The zero-order chi connectivity index (χ0) is 22.8.